The van der Waals surface area contributed by atoms with Gasteiger partial charge in [-0.2, -0.15) is 0 Å². The second-order valence-electron chi connectivity index (χ2n) is 3.76. The minimum Gasteiger partial charge on any atom is -0.381 e. The predicted molar refractivity (Wildman–Crippen MR) is 53.7 cm³/mol. The van der Waals surface area contributed by atoms with Gasteiger partial charge in [0.1, 0.15) is 5.82 Å². The van der Waals surface area contributed by atoms with E-state index in [9.17, 15) is 0 Å². The molecule has 0 atom stereocenters. The molecule has 2 rings (SSSR count). The Hall–Kier alpha value is -0.870. The molecule has 0 bridgehead atoms. The quantitative estimate of drug-likeness (QED) is 0.775. The summed E-state index contributed by atoms with van der Waals surface area (Å²) in [5, 5.41) is 0. The highest BCUT2D eigenvalue weighted by Gasteiger charge is 2.15. The van der Waals surface area contributed by atoms with Crippen LogP contribution in [-0.2, 0) is 17.8 Å². The van der Waals surface area contributed by atoms with E-state index in [1.807, 2.05) is 12.4 Å². The number of hydrogen-bond acceptors (Lipinski definition) is 3. The number of rotatable bonds is 3. The second-order valence-corrected chi connectivity index (χ2v) is 3.76. The van der Waals surface area contributed by atoms with Crippen LogP contribution in [0.2, 0.25) is 0 Å². The van der Waals surface area contributed by atoms with Gasteiger partial charge < -0.3 is 15.0 Å². The van der Waals surface area contributed by atoms with E-state index in [0.717, 1.165) is 44.3 Å². The molecule has 1 aliphatic rings. The van der Waals surface area contributed by atoms with E-state index < -0.39 is 0 Å². The Balaban J connectivity index is 1.95. The van der Waals surface area contributed by atoms with Gasteiger partial charge in [-0.1, -0.05) is 0 Å². The summed E-state index contributed by atoms with van der Waals surface area (Å²) in [4.78, 5) is 4.21. The molecule has 0 saturated carbocycles. The van der Waals surface area contributed by atoms with Gasteiger partial charge in [0, 0.05) is 32.2 Å². The Morgan fingerprint density at radius 1 is 1.50 bits per heavy atom. The number of aromatic nitrogens is 2. The van der Waals surface area contributed by atoms with Crippen LogP contribution in [0.5, 0.6) is 0 Å². The average Bonchev–Trinajstić information content (AvgIpc) is 2.67. The lowest BCUT2D eigenvalue weighted by molar-refractivity contribution is 0.0610. The zero-order chi connectivity index (χ0) is 9.80. The maximum atomic E-state index is 5.59. The Labute approximate surface area is 84.1 Å². The summed E-state index contributed by atoms with van der Waals surface area (Å²) in [7, 11) is 0. The van der Waals surface area contributed by atoms with E-state index in [2.05, 4.69) is 9.55 Å². The molecule has 0 aromatic carbocycles. The molecule has 2 N–H and O–H groups in total. The Bertz CT molecular complexity index is 279. The van der Waals surface area contributed by atoms with E-state index in [0.29, 0.717) is 6.54 Å². The average molecular weight is 195 g/mol. The van der Waals surface area contributed by atoms with Crippen LogP contribution in [0.25, 0.3) is 0 Å². The molecule has 2 heterocycles. The molecule has 4 nitrogen and oxygen atoms in total. The number of hydrogen-bond donors (Lipinski definition) is 1. The molecule has 0 aliphatic carbocycles. The molecular weight excluding hydrogens is 178 g/mol. The first-order valence-electron chi connectivity index (χ1n) is 5.18. The highest BCUT2D eigenvalue weighted by atomic mass is 16.5. The standard InChI is InChI=1S/C10H17N3O/c11-7-10-12-3-4-13(10)8-9-1-5-14-6-2-9/h3-4,9H,1-2,5-8,11H2. The molecular formula is C10H17N3O. The maximum absolute atomic E-state index is 5.59. The van der Waals surface area contributed by atoms with Gasteiger partial charge in [0.05, 0.1) is 6.54 Å². The summed E-state index contributed by atoms with van der Waals surface area (Å²) in [6, 6.07) is 0. The van der Waals surface area contributed by atoms with Gasteiger partial charge in [0.2, 0.25) is 0 Å². The highest BCUT2D eigenvalue weighted by molar-refractivity contribution is 4.91. The van der Waals surface area contributed by atoms with E-state index in [-0.39, 0.29) is 0 Å². The van der Waals surface area contributed by atoms with Crippen molar-refractivity contribution in [2.45, 2.75) is 25.9 Å². The third kappa shape index (κ3) is 2.13. The fraction of sp³-hybridized carbons (Fsp3) is 0.700. The van der Waals surface area contributed by atoms with Gasteiger partial charge >= 0.3 is 0 Å². The smallest absolute Gasteiger partial charge is 0.122 e. The van der Waals surface area contributed by atoms with Crippen LogP contribution in [0.1, 0.15) is 18.7 Å². The van der Waals surface area contributed by atoms with Crippen LogP contribution in [0.3, 0.4) is 0 Å². The normalized spacial score (nSPS) is 18.6. The van der Waals surface area contributed by atoms with Crippen molar-refractivity contribution in [3.8, 4) is 0 Å². The molecule has 1 aromatic heterocycles. The van der Waals surface area contributed by atoms with Gasteiger partial charge in [-0.3, -0.25) is 0 Å². The van der Waals surface area contributed by atoms with Gasteiger partial charge in [-0.25, -0.2) is 4.98 Å². The molecule has 0 unspecified atom stereocenters. The predicted octanol–water partition coefficient (Wildman–Crippen LogP) is 0.768. The van der Waals surface area contributed by atoms with Gasteiger partial charge in [-0.05, 0) is 18.8 Å². The number of nitrogens with zero attached hydrogens (tertiary/aromatic N) is 2. The summed E-state index contributed by atoms with van der Waals surface area (Å²) in [6.07, 6.45) is 6.14. The zero-order valence-corrected chi connectivity index (χ0v) is 8.35. The third-order valence-corrected chi connectivity index (χ3v) is 2.78. The second kappa shape index (κ2) is 4.57. The Kier molecular flexibility index (Phi) is 3.16. The van der Waals surface area contributed by atoms with Crippen molar-refractivity contribution in [2.75, 3.05) is 13.2 Å². The summed E-state index contributed by atoms with van der Waals surface area (Å²) in [5.74, 6) is 1.71. The lowest BCUT2D eigenvalue weighted by Crippen LogP contribution is -2.21. The number of ether oxygens (including phenoxy) is 1. The van der Waals surface area contributed by atoms with E-state index in [1.165, 1.54) is 0 Å². The first-order valence-corrected chi connectivity index (χ1v) is 5.18. The Morgan fingerprint density at radius 2 is 2.29 bits per heavy atom. The molecule has 0 amide bonds. The van der Waals surface area contributed by atoms with Gasteiger partial charge in [0.15, 0.2) is 0 Å². The molecule has 1 saturated heterocycles. The van der Waals surface area contributed by atoms with Crippen molar-refractivity contribution in [1.29, 1.82) is 0 Å². The minimum absolute atomic E-state index is 0.524. The summed E-state index contributed by atoms with van der Waals surface area (Å²) >= 11 is 0. The first kappa shape index (κ1) is 9.68. The fourth-order valence-electron chi connectivity index (χ4n) is 1.90. The van der Waals surface area contributed by atoms with Crippen molar-refractivity contribution < 1.29 is 4.74 Å². The van der Waals surface area contributed by atoms with Crippen molar-refractivity contribution in [1.82, 2.24) is 9.55 Å². The molecule has 14 heavy (non-hydrogen) atoms. The van der Waals surface area contributed by atoms with Crippen LogP contribution < -0.4 is 5.73 Å². The summed E-state index contributed by atoms with van der Waals surface area (Å²) in [6.45, 7) is 3.36. The van der Waals surface area contributed by atoms with Crippen molar-refractivity contribution in [3.63, 3.8) is 0 Å². The topological polar surface area (TPSA) is 53.1 Å². The largest absolute Gasteiger partial charge is 0.381 e. The zero-order valence-electron chi connectivity index (χ0n) is 8.35. The summed E-state index contributed by atoms with van der Waals surface area (Å²) in [5.41, 5.74) is 5.59. The van der Waals surface area contributed by atoms with Crippen molar-refractivity contribution in [3.05, 3.63) is 18.2 Å². The molecule has 1 aliphatic heterocycles. The number of nitrogens with two attached hydrogens (primary N) is 1. The van der Waals surface area contributed by atoms with E-state index in [1.54, 1.807) is 0 Å². The first-order chi connectivity index (χ1) is 6.90. The number of imidazole rings is 1. The van der Waals surface area contributed by atoms with Crippen molar-refractivity contribution >= 4 is 0 Å². The molecule has 4 heteroatoms. The van der Waals surface area contributed by atoms with Gasteiger partial charge in [0.25, 0.3) is 0 Å². The molecule has 1 fully saturated rings. The minimum atomic E-state index is 0.524. The van der Waals surface area contributed by atoms with Crippen LogP contribution in [0, 0.1) is 5.92 Å². The van der Waals surface area contributed by atoms with Crippen molar-refractivity contribution in [2.24, 2.45) is 11.7 Å². The van der Waals surface area contributed by atoms with Crippen LogP contribution in [0.15, 0.2) is 12.4 Å². The third-order valence-electron chi connectivity index (χ3n) is 2.78. The SMILES string of the molecule is NCc1nccn1CC1CCOCC1. The van der Waals surface area contributed by atoms with Gasteiger partial charge in [-0.15, -0.1) is 0 Å². The van der Waals surface area contributed by atoms with E-state index in [4.69, 9.17) is 10.5 Å². The van der Waals surface area contributed by atoms with Crippen LogP contribution in [-0.4, -0.2) is 22.8 Å². The fourth-order valence-corrected chi connectivity index (χ4v) is 1.90. The molecule has 78 valence electrons. The highest BCUT2D eigenvalue weighted by Crippen LogP contribution is 2.17. The monoisotopic (exact) mass is 195 g/mol. The lowest BCUT2D eigenvalue weighted by atomic mass is 10.0. The van der Waals surface area contributed by atoms with Crippen LogP contribution >= 0.6 is 0 Å². The molecule has 1 aromatic rings. The molecule has 0 radical (unpaired) electrons. The molecule has 0 spiro atoms. The Morgan fingerprint density at radius 3 is 3.00 bits per heavy atom. The summed E-state index contributed by atoms with van der Waals surface area (Å²) < 4.78 is 7.49. The lowest BCUT2D eigenvalue weighted by Gasteiger charge is -2.22. The maximum Gasteiger partial charge on any atom is 0.122 e. The van der Waals surface area contributed by atoms with Crippen LogP contribution in [0.4, 0.5) is 0 Å². The van der Waals surface area contributed by atoms with E-state index >= 15 is 0 Å².